The van der Waals surface area contributed by atoms with E-state index in [-0.39, 0.29) is 5.91 Å². The fourth-order valence-electron chi connectivity index (χ4n) is 4.24. The number of amides is 1. The Morgan fingerprint density at radius 1 is 1.15 bits per heavy atom. The second-order valence-corrected chi connectivity index (χ2v) is 7.77. The number of aryl methyl sites for hydroxylation is 2. The number of rotatable bonds is 5. The molecule has 1 aliphatic heterocycles. The molecule has 146 valence electrons. The first kappa shape index (κ1) is 18.2. The molecular weight excluding hydrogens is 340 g/mol. The van der Waals surface area contributed by atoms with Gasteiger partial charge in [0.2, 0.25) is 0 Å². The van der Waals surface area contributed by atoms with Crippen molar-refractivity contribution >= 4 is 5.91 Å². The van der Waals surface area contributed by atoms with Crippen molar-refractivity contribution in [3.05, 3.63) is 34.9 Å². The van der Waals surface area contributed by atoms with E-state index in [1.807, 2.05) is 15.8 Å². The summed E-state index contributed by atoms with van der Waals surface area (Å²) >= 11 is 0. The second kappa shape index (κ2) is 8.25. The van der Waals surface area contributed by atoms with Gasteiger partial charge in [-0.1, -0.05) is 6.92 Å². The number of carbonyl (C=O) groups excluding carboxylic acids is 1. The van der Waals surface area contributed by atoms with Gasteiger partial charge in [-0.25, -0.2) is 0 Å². The number of aromatic nitrogens is 4. The molecular formula is C20H30N6O. The minimum Gasteiger partial charge on any atom is -0.336 e. The molecule has 2 aromatic rings. The summed E-state index contributed by atoms with van der Waals surface area (Å²) in [5.41, 5.74) is 4.25. The average molecular weight is 371 g/mol. The van der Waals surface area contributed by atoms with Crippen LogP contribution in [0.2, 0.25) is 0 Å². The Hall–Kier alpha value is -2.15. The van der Waals surface area contributed by atoms with Gasteiger partial charge in [-0.3, -0.25) is 19.5 Å². The van der Waals surface area contributed by atoms with E-state index < -0.39 is 0 Å². The van der Waals surface area contributed by atoms with Crippen molar-refractivity contribution in [1.82, 2.24) is 29.8 Å². The van der Waals surface area contributed by atoms with E-state index in [1.165, 1.54) is 17.7 Å². The molecule has 3 heterocycles. The lowest BCUT2D eigenvalue weighted by atomic mass is 9.95. The van der Waals surface area contributed by atoms with Crippen molar-refractivity contribution in [2.75, 3.05) is 26.2 Å². The monoisotopic (exact) mass is 370 g/mol. The number of nitrogens with zero attached hydrogens (tertiary/aromatic N) is 5. The molecule has 2 aliphatic rings. The number of fused-ring (bicyclic) bond motifs is 1. The Labute approximate surface area is 160 Å². The van der Waals surface area contributed by atoms with Gasteiger partial charge in [0.15, 0.2) is 5.69 Å². The van der Waals surface area contributed by atoms with Gasteiger partial charge in [0.05, 0.1) is 6.20 Å². The first-order chi connectivity index (χ1) is 13.2. The van der Waals surface area contributed by atoms with Crippen LogP contribution < -0.4 is 0 Å². The number of hydrogen-bond acceptors (Lipinski definition) is 4. The third-order valence-corrected chi connectivity index (χ3v) is 5.68. The highest BCUT2D eigenvalue weighted by Crippen LogP contribution is 2.23. The van der Waals surface area contributed by atoms with Crippen LogP contribution >= 0.6 is 0 Å². The van der Waals surface area contributed by atoms with Gasteiger partial charge in [0.25, 0.3) is 5.91 Å². The van der Waals surface area contributed by atoms with E-state index in [4.69, 9.17) is 0 Å². The van der Waals surface area contributed by atoms with Crippen LogP contribution in [0.25, 0.3) is 0 Å². The minimum absolute atomic E-state index is 0.104. The molecule has 0 unspecified atom stereocenters. The van der Waals surface area contributed by atoms with E-state index in [0.29, 0.717) is 5.69 Å². The molecule has 0 bridgehead atoms. The smallest absolute Gasteiger partial charge is 0.274 e. The van der Waals surface area contributed by atoms with Gasteiger partial charge in [0, 0.05) is 62.3 Å². The van der Waals surface area contributed by atoms with Gasteiger partial charge in [-0.05, 0) is 38.5 Å². The van der Waals surface area contributed by atoms with Crippen LogP contribution in [0, 0.1) is 0 Å². The molecule has 1 saturated heterocycles. The molecule has 27 heavy (non-hydrogen) atoms. The van der Waals surface area contributed by atoms with Crippen molar-refractivity contribution in [2.24, 2.45) is 0 Å². The van der Waals surface area contributed by atoms with Gasteiger partial charge in [0.1, 0.15) is 0 Å². The standard InChI is InChI=1S/C20H30N6O/c1-2-8-26-15-16(13-21-26)14-24-9-5-10-25(12-11-24)20(27)19-17-6-3-4-7-18(17)22-23-19/h13,15H,2-12,14H2,1H3,(H,22,23). The highest BCUT2D eigenvalue weighted by atomic mass is 16.2. The van der Waals surface area contributed by atoms with Crippen LogP contribution in [-0.2, 0) is 25.9 Å². The number of hydrogen-bond donors (Lipinski definition) is 1. The Balaban J connectivity index is 1.36. The Kier molecular flexibility index (Phi) is 5.57. The summed E-state index contributed by atoms with van der Waals surface area (Å²) in [7, 11) is 0. The maximum atomic E-state index is 13.0. The predicted molar refractivity (Wildman–Crippen MR) is 104 cm³/mol. The second-order valence-electron chi connectivity index (χ2n) is 7.77. The zero-order valence-electron chi connectivity index (χ0n) is 16.3. The largest absolute Gasteiger partial charge is 0.336 e. The quantitative estimate of drug-likeness (QED) is 0.876. The molecule has 2 aromatic heterocycles. The highest BCUT2D eigenvalue weighted by Gasteiger charge is 2.27. The molecule has 0 spiro atoms. The molecule has 1 N–H and O–H groups in total. The zero-order valence-corrected chi connectivity index (χ0v) is 16.3. The maximum Gasteiger partial charge on any atom is 0.274 e. The van der Waals surface area contributed by atoms with Crippen LogP contribution in [0.5, 0.6) is 0 Å². The number of carbonyl (C=O) groups is 1. The molecule has 0 radical (unpaired) electrons. The fraction of sp³-hybridized carbons (Fsp3) is 0.650. The van der Waals surface area contributed by atoms with Crippen LogP contribution in [0.3, 0.4) is 0 Å². The lowest BCUT2D eigenvalue weighted by Crippen LogP contribution is -2.35. The lowest BCUT2D eigenvalue weighted by Gasteiger charge is -2.22. The van der Waals surface area contributed by atoms with E-state index >= 15 is 0 Å². The molecule has 1 fully saturated rings. The Morgan fingerprint density at radius 3 is 2.93 bits per heavy atom. The molecule has 7 heteroatoms. The normalized spacial score (nSPS) is 18.3. The molecule has 4 rings (SSSR count). The molecule has 0 aromatic carbocycles. The predicted octanol–water partition coefficient (Wildman–Crippen LogP) is 2.24. The molecule has 0 saturated carbocycles. The van der Waals surface area contributed by atoms with Crippen molar-refractivity contribution < 1.29 is 4.79 Å². The average Bonchev–Trinajstić information content (AvgIpc) is 3.23. The van der Waals surface area contributed by atoms with Gasteiger partial charge in [-0.2, -0.15) is 10.2 Å². The SMILES string of the molecule is CCCn1cc(CN2CCCN(C(=O)c3n[nH]c4c3CCCC4)CC2)cn1. The van der Waals surface area contributed by atoms with E-state index in [1.54, 1.807) is 0 Å². The maximum absolute atomic E-state index is 13.0. The van der Waals surface area contributed by atoms with Crippen LogP contribution in [0.1, 0.15) is 59.9 Å². The van der Waals surface area contributed by atoms with Crippen LogP contribution in [-0.4, -0.2) is 61.9 Å². The number of aromatic amines is 1. The summed E-state index contributed by atoms with van der Waals surface area (Å²) in [6, 6.07) is 0. The summed E-state index contributed by atoms with van der Waals surface area (Å²) in [6.45, 7) is 7.53. The summed E-state index contributed by atoms with van der Waals surface area (Å²) in [5.74, 6) is 0.104. The summed E-state index contributed by atoms with van der Waals surface area (Å²) < 4.78 is 2.02. The topological polar surface area (TPSA) is 70.1 Å². The first-order valence-electron chi connectivity index (χ1n) is 10.3. The van der Waals surface area contributed by atoms with Crippen molar-refractivity contribution in [1.29, 1.82) is 0 Å². The highest BCUT2D eigenvalue weighted by molar-refractivity contribution is 5.94. The molecule has 1 amide bonds. The Morgan fingerprint density at radius 2 is 2.04 bits per heavy atom. The van der Waals surface area contributed by atoms with Gasteiger partial charge < -0.3 is 4.90 Å². The lowest BCUT2D eigenvalue weighted by molar-refractivity contribution is 0.0754. The van der Waals surface area contributed by atoms with E-state index in [0.717, 1.165) is 76.9 Å². The van der Waals surface area contributed by atoms with Crippen LogP contribution in [0.15, 0.2) is 12.4 Å². The van der Waals surface area contributed by atoms with E-state index in [2.05, 4.69) is 33.3 Å². The summed E-state index contributed by atoms with van der Waals surface area (Å²) in [6.07, 6.45) is 10.6. The summed E-state index contributed by atoms with van der Waals surface area (Å²) in [5, 5.41) is 11.9. The number of nitrogens with one attached hydrogen (secondary N) is 1. The van der Waals surface area contributed by atoms with Crippen LogP contribution in [0.4, 0.5) is 0 Å². The van der Waals surface area contributed by atoms with Crippen molar-refractivity contribution in [2.45, 2.75) is 58.5 Å². The third kappa shape index (κ3) is 4.08. The molecule has 7 nitrogen and oxygen atoms in total. The van der Waals surface area contributed by atoms with Gasteiger partial charge >= 0.3 is 0 Å². The zero-order chi connectivity index (χ0) is 18.6. The number of H-pyrrole nitrogens is 1. The van der Waals surface area contributed by atoms with Crippen molar-refractivity contribution in [3.63, 3.8) is 0 Å². The van der Waals surface area contributed by atoms with E-state index in [9.17, 15) is 4.79 Å². The van der Waals surface area contributed by atoms with Gasteiger partial charge in [-0.15, -0.1) is 0 Å². The third-order valence-electron chi connectivity index (χ3n) is 5.68. The fourth-order valence-corrected chi connectivity index (χ4v) is 4.24. The first-order valence-corrected chi connectivity index (χ1v) is 10.3. The molecule has 0 atom stereocenters. The minimum atomic E-state index is 0.104. The Bertz CT molecular complexity index is 779. The molecule has 1 aliphatic carbocycles. The summed E-state index contributed by atoms with van der Waals surface area (Å²) in [4.78, 5) is 17.5. The van der Waals surface area contributed by atoms with Crippen molar-refractivity contribution in [3.8, 4) is 0 Å².